The number of carbonyl (C=O) groups is 1. The Hall–Kier alpha value is -3.59. The SMILES string of the molecule is COc1cc(OC)c(OC)cc1CNC(=O)c1cc2c(C)nn(Cc3ccc(F)cc3)c2s1. The smallest absolute Gasteiger partial charge is 0.261 e. The zero-order chi connectivity index (χ0) is 23.5. The largest absolute Gasteiger partial charge is 0.496 e. The molecule has 4 rings (SSSR count). The second kappa shape index (κ2) is 9.50. The summed E-state index contributed by atoms with van der Waals surface area (Å²) in [5.74, 6) is 1.23. The first-order valence-corrected chi connectivity index (χ1v) is 11.0. The quantitative estimate of drug-likeness (QED) is 0.410. The minimum atomic E-state index is -0.276. The Bertz CT molecular complexity index is 1300. The molecular formula is C24H24FN3O4S. The van der Waals surface area contributed by atoms with Crippen LogP contribution in [0.3, 0.4) is 0 Å². The average Bonchev–Trinajstić information content (AvgIpc) is 3.39. The molecular weight excluding hydrogens is 445 g/mol. The van der Waals surface area contributed by atoms with Crippen molar-refractivity contribution in [3.8, 4) is 17.2 Å². The zero-order valence-electron chi connectivity index (χ0n) is 18.8. The highest BCUT2D eigenvalue weighted by molar-refractivity contribution is 7.20. The van der Waals surface area contributed by atoms with E-state index in [1.807, 2.05) is 17.7 Å². The van der Waals surface area contributed by atoms with E-state index in [1.165, 1.54) is 23.5 Å². The third-order valence-corrected chi connectivity index (χ3v) is 6.45. The summed E-state index contributed by atoms with van der Waals surface area (Å²) in [7, 11) is 4.68. The van der Waals surface area contributed by atoms with E-state index < -0.39 is 0 Å². The van der Waals surface area contributed by atoms with E-state index in [2.05, 4.69) is 10.4 Å². The van der Waals surface area contributed by atoms with Gasteiger partial charge in [-0.05, 0) is 36.8 Å². The van der Waals surface area contributed by atoms with Gasteiger partial charge in [0.2, 0.25) is 0 Å². The predicted octanol–water partition coefficient (Wildman–Crippen LogP) is 4.55. The maximum atomic E-state index is 13.2. The zero-order valence-corrected chi connectivity index (χ0v) is 19.6. The number of methoxy groups -OCH3 is 3. The molecule has 4 aromatic rings. The van der Waals surface area contributed by atoms with Crippen molar-refractivity contribution in [2.24, 2.45) is 0 Å². The molecule has 1 N–H and O–H groups in total. The van der Waals surface area contributed by atoms with Crippen molar-refractivity contribution in [3.63, 3.8) is 0 Å². The van der Waals surface area contributed by atoms with Gasteiger partial charge in [0, 0.05) is 23.6 Å². The molecule has 0 aliphatic rings. The van der Waals surface area contributed by atoms with Crippen LogP contribution < -0.4 is 19.5 Å². The number of fused-ring (bicyclic) bond motifs is 1. The molecule has 9 heteroatoms. The highest BCUT2D eigenvalue weighted by Gasteiger charge is 2.18. The van der Waals surface area contributed by atoms with Crippen LogP contribution in [-0.4, -0.2) is 37.0 Å². The van der Waals surface area contributed by atoms with Gasteiger partial charge >= 0.3 is 0 Å². The van der Waals surface area contributed by atoms with Gasteiger partial charge in [-0.2, -0.15) is 5.10 Å². The number of nitrogens with one attached hydrogen (secondary N) is 1. The van der Waals surface area contributed by atoms with E-state index in [9.17, 15) is 9.18 Å². The lowest BCUT2D eigenvalue weighted by molar-refractivity contribution is 0.0954. The molecule has 2 aromatic carbocycles. The molecule has 0 saturated carbocycles. The van der Waals surface area contributed by atoms with Crippen LogP contribution in [-0.2, 0) is 13.1 Å². The first-order chi connectivity index (χ1) is 15.9. The molecule has 2 aromatic heterocycles. The van der Waals surface area contributed by atoms with Crippen LogP contribution in [0.2, 0.25) is 0 Å². The monoisotopic (exact) mass is 469 g/mol. The van der Waals surface area contributed by atoms with Gasteiger partial charge in [-0.25, -0.2) is 4.39 Å². The van der Waals surface area contributed by atoms with Crippen molar-refractivity contribution in [1.82, 2.24) is 15.1 Å². The van der Waals surface area contributed by atoms with Crippen LogP contribution in [0.1, 0.15) is 26.5 Å². The van der Waals surface area contributed by atoms with Crippen molar-refractivity contribution in [3.05, 3.63) is 70.0 Å². The van der Waals surface area contributed by atoms with Gasteiger partial charge in [-0.3, -0.25) is 9.48 Å². The van der Waals surface area contributed by atoms with Crippen molar-refractivity contribution >= 4 is 27.5 Å². The third kappa shape index (κ3) is 4.63. The topological polar surface area (TPSA) is 74.6 Å². The molecule has 7 nitrogen and oxygen atoms in total. The standard InChI is InChI=1S/C24H24FN3O4S/c1-14-18-10-22(33-24(18)28(27-14)13-15-5-7-17(25)8-6-15)23(29)26-12-16-9-20(31-3)21(32-4)11-19(16)30-2/h5-11H,12-13H2,1-4H3,(H,26,29). The number of amides is 1. The molecule has 0 fully saturated rings. The molecule has 1 amide bonds. The number of hydrogen-bond acceptors (Lipinski definition) is 6. The van der Waals surface area contributed by atoms with Crippen molar-refractivity contribution in [2.75, 3.05) is 21.3 Å². The molecule has 0 spiro atoms. The summed E-state index contributed by atoms with van der Waals surface area (Å²) in [6, 6.07) is 11.7. The first-order valence-electron chi connectivity index (χ1n) is 10.2. The normalized spacial score (nSPS) is 10.9. The Morgan fingerprint density at radius 2 is 1.70 bits per heavy atom. The second-order valence-corrected chi connectivity index (χ2v) is 8.43. The van der Waals surface area contributed by atoms with Gasteiger partial charge in [-0.1, -0.05) is 12.1 Å². The number of hydrogen-bond donors (Lipinski definition) is 1. The summed E-state index contributed by atoms with van der Waals surface area (Å²) >= 11 is 1.37. The van der Waals surface area contributed by atoms with Gasteiger partial charge in [0.1, 0.15) is 16.4 Å². The highest BCUT2D eigenvalue weighted by atomic mass is 32.1. The molecule has 0 bridgehead atoms. The van der Waals surface area contributed by atoms with Gasteiger partial charge in [-0.15, -0.1) is 11.3 Å². The number of nitrogens with zero attached hydrogens (tertiary/aromatic N) is 2. The summed E-state index contributed by atoms with van der Waals surface area (Å²) < 4.78 is 31.2. The lowest BCUT2D eigenvalue weighted by Crippen LogP contribution is -2.22. The van der Waals surface area contributed by atoms with Crippen LogP contribution in [0.5, 0.6) is 17.2 Å². The summed E-state index contributed by atoms with van der Waals surface area (Å²) in [5, 5.41) is 8.45. The number of halogens is 1. The van der Waals surface area contributed by atoms with Crippen molar-refractivity contribution in [1.29, 1.82) is 0 Å². The Labute approximate surface area is 194 Å². The summed E-state index contributed by atoms with van der Waals surface area (Å²) in [6.07, 6.45) is 0. The van der Waals surface area contributed by atoms with Crippen molar-refractivity contribution in [2.45, 2.75) is 20.0 Å². The number of rotatable bonds is 8. The maximum absolute atomic E-state index is 13.2. The molecule has 0 aliphatic heterocycles. The Morgan fingerprint density at radius 3 is 2.36 bits per heavy atom. The van der Waals surface area contributed by atoms with E-state index in [1.54, 1.807) is 45.6 Å². The number of aromatic nitrogens is 2. The van der Waals surface area contributed by atoms with Crippen molar-refractivity contribution < 1.29 is 23.4 Å². The Morgan fingerprint density at radius 1 is 1.03 bits per heavy atom. The molecule has 0 unspecified atom stereocenters. The first kappa shape index (κ1) is 22.6. The summed E-state index contributed by atoms with van der Waals surface area (Å²) in [4.78, 5) is 14.4. The molecule has 0 aliphatic carbocycles. The molecule has 2 heterocycles. The van der Waals surface area contributed by atoms with E-state index in [4.69, 9.17) is 14.2 Å². The molecule has 0 radical (unpaired) electrons. The number of thiophene rings is 1. The lowest BCUT2D eigenvalue weighted by atomic mass is 10.1. The van der Waals surface area contributed by atoms with Gasteiger partial charge in [0.25, 0.3) is 5.91 Å². The molecule has 33 heavy (non-hydrogen) atoms. The van der Waals surface area contributed by atoms with Gasteiger partial charge in [0.05, 0.1) is 38.4 Å². The number of carbonyl (C=O) groups excluding carboxylic acids is 1. The third-order valence-electron chi connectivity index (χ3n) is 5.30. The molecule has 0 saturated heterocycles. The van der Waals surface area contributed by atoms with Crippen LogP contribution in [0, 0.1) is 12.7 Å². The predicted molar refractivity (Wildman–Crippen MR) is 125 cm³/mol. The number of aryl methyl sites for hydroxylation is 1. The van der Waals surface area contributed by atoms with Gasteiger partial charge in [0.15, 0.2) is 11.5 Å². The average molecular weight is 470 g/mol. The van der Waals surface area contributed by atoms with Crippen LogP contribution >= 0.6 is 11.3 Å². The minimum Gasteiger partial charge on any atom is -0.496 e. The van der Waals surface area contributed by atoms with Crippen LogP contribution in [0.15, 0.2) is 42.5 Å². The molecule has 0 atom stereocenters. The lowest BCUT2D eigenvalue weighted by Gasteiger charge is -2.14. The van der Waals surface area contributed by atoms with E-state index in [0.29, 0.717) is 28.7 Å². The van der Waals surface area contributed by atoms with Crippen LogP contribution in [0.25, 0.3) is 10.2 Å². The summed E-state index contributed by atoms with van der Waals surface area (Å²) in [6.45, 7) is 2.67. The summed E-state index contributed by atoms with van der Waals surface area (Å²) in [5.41, 5.74) is 2.54. The van der Waals surface area contributed by atoms with E-state index in [0.717, 1.165) is 27.0 Å². The number of ether oxygens (including phenoxy) is 3. The molecule has 172 valence electrons. The fraction of sp³-hybridized carbons (Fsp3) is 0.250. The van der Waals surface area contributed by atoms with Gasteiger partial charge < -0.3 is 19.5 Å². The highest BCUT2D eigenvalue weighted by Crippen LogP contribution is 2.35. The fourth-order valence-corrected chi connectivity index (χ4v) is 4.67. The second-order valence-electron chi connectivity index (χ2n) is 7.40. The van der Waals surface area contributed by atoms with Crippen LogP contribution in [0.4, 0.5) is 4.39 Å². The van der Waals surface area contributed by atoms with E-state index >= 15 is 0 Å². The fourth-order valence-electron chi connectivity index (χ4n) is 3.59. The number of benzene rings is 2. The maximum Gasteiger partial charge on any atom is 0.261 e. The minimum absolute atomic E-state index is 0.194. The van der Waals surface area contributed by atoms with E-state index in [-0.39, 0.29) is 18.3 Å². The Balaban J connectivity index is 1.54. The Kier molecular flexibility index (Phi) is 6.50.